The van der Waals surface area contributed by atoms with Gasteiger partial charge < -0.3 is 25.0 Å². The van der Waals surface area contributed by atoms with E-state index in [1.54, 1.807) is 0 Å². The van der Waals surface area contributed by atoms with E-state index >= 15 is 0 Å². The van der Waals surface area contributed by atoms with Gasteiger partial charge >= 0.3 is 12.4 Å². The Labute approximate surface area is 223 Å². The minimum absolute atomic E-state index is 0.227. The predicted octanol–water partition coefficient (Wildman–Crippen LogP) is 6.27. The van der Waals surface area contributed by atoms with Crippen LogP contribution >= 0.6 is 0 Å². The number of alkyl halides is 3. The number of piperazine rings is 1. The quantitative estimate of drug-likeness (QED) is 0.456. The number of urea groups is 1. The number of nitrogens with zero attached hydrogens (tertiary/aromatic N) is 2. The monoisotopic (exact) mass is 536 g/mol. The van der Waals surface area contributed by atoms with Gasteiger partial charge in [0.05, 0.1) is 11.8 Å². The number of hydrogen-bond donors (Lipinski definition) is 2. The van der Waals surface area contributed by atoms with Gasteiger partial charge in [0.15, 0.2) is 0 Å². The van der Waals surface area contributed by atoms with E-state index in [9.17, 15) is 18.0 Å². The largest absolute Gasteiger partial charge is 0.573 e. The lowest BCUT2D eigenvalue weighted by Gasteiger charge is -2.41. The SMILES string of the molecule is CC(C)Oc1ccccc1N1CCN(C2CCCCC2)CC1.CNC(=O)Nc1ccc(OC(F)(F)F)cc1. The van der Waals surface area contributed by atoms with Gasteiger partial charge in [0.1, 0.15) is 11.5 Å². The molecule has 0 unspecified atom stereocenters. The molecule has 1 saturated heterocycles. The average molecular weight is 537 g/mol. The second-order valence-corrected chi connectivity index (χ2v) is 9.73. The zero-order chi connectivity index (χ0) is 27.5. The van der Waals surface area contributed by atoms with Gasteiger partial charge in [-0.1, -0.05) is 31.4 Å². The number of nitrogens with one attached hydrogen (secondary N) is 2. The first kappa shape index (κ1) is 29.4. The second-order valence-electron chi connectivity index (χ2n) is 9.73. The van der Waals surface area contributed by atoms with E-state index < -0.39 is 12.4 Å². The third-order valence-electron chi connectivity index (χ3n) is 6.55. The molecule has 1 aliphatic heterocycles. The molecule has 38 heavy (non-hydrogen) atoms. The van der Waals surface area contributed by atoms with Crippen LogP contribution in [0.15, 0.2) is 48.5 Å². The number of halogens is 3. The highest BCUT2D eigenvalue weighted by Gasteiger charge is 2.31. The molecule has 0 spiro atoms. The summed E-state index contributed by atoms with van der Waals surface area (Å²) in [7, 11) is 1.43. The Morgan fingerprint density at radius 2 is 1.58 bits per heavy atom. The van der Waals surface area contributed by atoms with E-state index in [1.807, 2.05) is 0 Å². The van der Waals surface area contributed by atoms with Crippen LogP contribution in [0, 0.1) is 0 Å². The van der Waals surface area contributed by atoms with Crippen molar-refractivity contribution in [2.45, 2.75) is 64.5 Å². The van der Waals surface area contributed by atoms with Crippen LogP contribution in [0.4, 0.5) is 29.3 Å². The molecule has 0 bridgehead atoms. The van der Waals surface area contributed by atoms with Crippen molar-refractivity contribution in [3.05, 3.63) is 48.5 Å². The average Bonchev–Trinajstić information content (AvgIpc) is 2.90. The summed E-state index contributed by atoms with van der Waals surface area (Å²) in [6, 6.07) is 13.7. The van der Waals surface area contributed by atoms with Crippen molar-refractivity contribution >= 4 is 17.4 Å². The van der Waals surface area contributed by atoms with Gasteiger partial charge in [-0.3, -0.25) is 4.90 Å². The molecule has 210 valence electrons. The molecule has 1 aliphatic carbocycles. The van der Waals surface area contributed by atoms with Gasteiger partial charge in [0.25, 0.3) is 0 Å². The van der Waals surface area contributed by atoms with Crippen LogP contribution in [-0.4, -0.2) is 62.7 Å². The molecular weight excluding hydrogens is 497 g/mol. The smallest absolute Gasteiger partial charge is 0.489 e. The van der Waals surface area contributed by atoms with Crippen LogP contribution in [0.3, 0.4) is 0 Å². The molecule has 2 N–H and O–H groups in total. The number of rotatable bonds is 6. The molecule has 2 fully saturated rings. The molecule has 10 heteroatoms. The third kappa shape index (κ3) is 9.63. The van der Waals surface area contributed by atoms with Gasteiger partial charge in [-0.25, -0.2) is 4.79 Å². The van der Waals surface area contributed by atoms with E-state index in [1.165, 1.54) is 70.1 Å². The second kappa shape index (κ2) is 14.1. The fourth-order valence-electron chi connectivity index (χ4n) is 4.78. The summed E-state index contributed by atoms with van der Waals surface area (Å²) in [5.74, 6) is 0.693. The lowest BCUT2D eigenvalue weighted by atomic mass is 9.94. The highest BCUT2D eigenvalue weighted by molar-refractivity contribution is 5.88. The first-order chi connectivity index (χ1) is 18.1. The molecule has 7 nitrogen and oxygen atoms in total. The van der Waals surface area contributed by atoms with Crippen LogP contribution in [0.1, 0.15) is 46.0 Å². The summed E-state index contributed by atoms with van der Waals surface area (Å²) in [5, 5.41) is 4.70. The zero-order valence-corrected chi connectivity index (χ0v) is 22.4. The molecule has 0 radical (unpaired) electrons. The van der Waals surface area contributed by atoms with Crippen molar-refractivity contribution in [3.8, 4) is 11.5 Å². The topological polar surface area (TPSA) is 66.1 Å². The molecule has 2 aliphatic rings. The Morgan fingerprint density at radius 3 is 2.16 bits per heavy atom. The number of para-hydroxylation sites is 2. The van der Waals surface area contributed by atoms with Gasteiger partial charge in [-0.15, -0.1) is 13.2 Å². The van der Waals surface area contributed by atoms with Crippen molar-refractivity contribution in [1.82, 2.24) is 10.2 Å². The maximum absolute atomic E-state index is 11.8. The van der Waals surface area contributed by atoms with Crippen molar-refractivity contribution < 1.29 is 27.4 Å². The van der Waals surface area contributed by atoms with Gasteiger partial charge in [0.2, 0.25) is 0 Å². The van der Waals surface area contributed by atoms with Gasteiger partial charge in [-0.05, 0) is 63.1 Å². The van der Waals surface area contributed by atoms with Crippen molar-refractivity contribution in [3.63, 3.8) is 0 Å². The fraction of sp³-hybridized carbons (Fsp3) is 0.536. The first-order valence-electron chi connectivity index (χ1n) is 13.2. The summed E-state index contributed by atoms with van der Waals surface area (Å²) < 4.78 is 45.1. The number of anilines is 2. The minimum atomic E-state index is -4.71. The molecule has 4 rings (SSSR count). The van der Waals surface area contributed by atoms with Crippen molar-refractivity contribution in [1.29, 1.82) is 0 Å². The summed E-state index contributed by atoms with van der Waals surface area (Å²) >= 11 is 0. The highest BCUT2D eigenvalue weighted by atomic mass is 19.4. The van der Waals surface area contributed by atoms with E-state index in [0.29, 0.717) is 5.69 Å². The highest BCUT2D eigenvalue weighted by Crippen LogP contribution is 2.31. The predicted molar refractivity (Wildman–Crippen MR) is 144 cm³/mol. The standard InChI is InChI=1S/C19H30N2O.C9H9F3N2O2/c1-16(2)22-19-11-7-6-10-18(19)21-14-12-20(13-15-21)17-8-4-3-5-9-17;1-13-8(15)14-6-2-4-7(5-3-6)16-9(10,11)12/h6-7,10-11,16-17H,3-5,8-9,12-15H2,1-2H3;2-5H,1H3,(H2,13,14,15). The molecular formula is C28H39F3N4O3. The first-order valence-corrected chi connectivity index (χ1v) is 13.2. The Hall–Kier alpha value is -3.14. The number of amides is 2. The Balaban J connectivity index is 0.000000223. The summed E-state index contributed by atoms with van der Waals surface area (Å²) in [6.07, 6.45) is 2.63. The number of hydrogen-bond acceptors (Lipinski definition) is 5. The summed E-state index contributed by atoms with van der Waals surface area (Å²) in [4.78, 5) is 16.1. The molecule has 2 aromatic carbocycles. The van der Waals surface area contributed by atoms with Crippen molar-refractivity contribution in [2.24, 2.45) is 0 Å². The van der Waals surface area contributed by atoms with Crippen LogP contribution in [-0.2, 0) is 0 Å². The maximum Gasteiger partial charge on any atom is 0.573 e. The van der Waals surface area contributed by atoms with E-state index in [2.05, 4.69) is 63.3 Å². The Morgan fingerprint density at radius 1 is 0.947 bits per heavy atom. The molecule has 2 amide bonds. The van der Waals surface area contributed by atoms with Crippen molar-refractivity contribution in [2.75, 3.05) is 43.4 Å². The number of ether oxygens (including phenoxy) is 2. The summed E-state index contributed by atoms with van der Waals surface area (Å²) in [6.45, 7) is 8.82. The summed E-state index contributed by atoms with van der Waals surface area (Å²) in [5.41, 5.74) is 1.63. The van der Waals surface area contributed by atoms with Crippen LogP contribution in [0.2, 0.25) is 0 Å². The van der Waals surface area contributed by atoms with E-state index in [-0.39, 0.29) is 11.9 Å². The maximum atomic E-state index is 11.8. The molecule has 2 aromatic rings. The molecule has 1 heterocycles. The number of benzene rings is 2. The Kier molecular flexibility index (Phi) is 10.9. The van der Waals surface area contributed by atoms with Gasteiger partial charge in [0, 0.05) is 45.0 Å². The zero-order valence-electron chi connectivity index (χ0n) is 22.4. The third-order valence-corrected chi connectivity index (χ3v) is 6.55. The number of carbonyl (C=O) groups is 1. The van der Waals surface area contributed by atoms with Gasteiger partial charge in [-0.2, -0.15) is 0 Å². The van der Waals surface area contributed by atoms with E-state index in [4.69, 9.17) is 4.74 Å². The molecule has 1 saturated carbocycles. The lowest BCUT2D eigenvalue weighted by Crippen LogP contribution is -2.50. The normalized spacial score (nSPS) is 16.9. The van der Waals surface area contributed by atoms with Crippen LogP contribution in [0.25, 0.3) is 0 Å². The molecule has 0 atom stereocenters. The number of carbonyl (C=O) groups excluding carboxylic acids is 1. The lowest BCUT2D eigenvalue weighted by molar-refractivity contribution is -0.274. The Bertz CT molecular complexity index is 988. The van der Waals surface area contributed by atoms with E-state index in [0.717, 1.165) is 37.0 Å². The fourth-order valence-corrected chi connectivity index (χ4v) is 4.78. The van der Waals surface area contributed by atoms with Crippen LogP contribution < -0.4 is 25.0 Å². The minimum Gasteiger partial charge on any atom is -0.489 e. The van der Waals surface area contributed by atoms with Crippen LogP contribution in [0.5, 0.6) is 11.5 Å². The molecule has 0 aromatic heterocycles.